The molecule has 0 amide bonds. The van der Waals surface area contributed by atoms with E-state index in [4.69, 9.17) is 0 Å². The number of aromatic nitrogens is 4. The molecule has 0 bridgehead atoms. The number of halogens is 2. The molecule has 3 aromatic rings. The maximum atomic E-state index is 13.4. The van der Waals surface area contributed by atoms with Crippen molar-refractivity contribution in [3.8, 4) is 5.69 Å². The molecule has 3 rings (SSSR count). The van der Waals surface area contributed by atoms with Crippen LogP contribution in [-0.2, 0) is 16.6 Å². The Morgan fingerprint density at radius 1 is 1.12 bits per heavy atom. The van der Waals surface area contributed by atoms with Crippen LogP contribution in [0.15, 0.2) is 53.7 Å². The van der Waals surface area contributed by atoms with Crippen molar-refractivity contribution in [1.82, 2.24) is 24.5 Å². The molecule has 0 atom stereocenters. The molecule has 1 heterocycles. The van der Waals surface area contributed by atoms with Crippen molar-refractivity contribution in [2.24, 2.45) is 0 Å². The number of hydrogen-bond acceptors (Lipinski definition) is 5. The highest BCUT2D eigenvalue weighted by atomic mass is 32.2. The number of nitrogens with zero attached hydrogens (tertiary/aromatic N) is 5. The van der Waals surface area contributed by atoms with Crippen LogP contribution < -0.4 is 0 Å². The lowest BCUT2D eigenvalue weighted by Crippen LogP contribution is -2.30. The first kappa shape index (κ1) is 18.1. The van der Waals surface area contributed by atoms with Gasteiger partial charge in [-0.3, -0.25) is 0 Å². The third-order valence-electron chi connectivity index (χ3n) is 3.76. The average molecular weight is 379 g/mol. The molecule has 0 aliphatic heterocycles. The lowest BCUT2D eigenvalue weighted by Gasteiger charge is -2.21. The molecule has 0 spiro atoms. The van der Waals surface area contributed by atoms with E-state index in [2.05, 4.69) is 15.5 Å². The number of benzene rings is 2. The van der Waals surface area contributed by atoms with Crippen molar-refractivity contribution >= 4 is 10.0 Å². The summed E-state index contributed by atoms with van der Waals surface area (Å²) in [5, 5.41) is 10.8. The summed E-state index contributed by atoms with van der Waals surface area (Å²) in [4.78, 5) is 0.0509. The number of sulfonamides is 1. The third-order valence-corrected chi connectivity index (χ3v) is 5.68. The maximum Gasteiger partial charge on any atom is 0.243 e. The van der Waals surface area contributed by atoms with E-state index in [0.29, 0.717) is 11.3 Å². The molecule has 26 heavy (non-hydrogen) atoms. The van der Waals surface area contributed by atoms with Gasteiger partial charge in [0.15, 0.2) is 11.6 Å². The largest absolute Gasteiger partial charge is 0.243 e. The van der Waals surface area contributed by atoms with Crippen LogP contribution in [-0.4, -0.2) is 39.5 Å². The summed E-state index contributed by atoms with van der Waals surface area (Å²) < 4.78 is 54.9. The van der Waals surface area contributed by atoms with Gasteiger partial charge in [-0.1, -0.05) is 19.1 Å². The van der Waals surface area contributed by atoms with E-state index in [9.17, 15) is 17.2 Å². The summed E-state index contributed by atoms with van der Waals surface area (Å²) in [6, 6.07) is 9.47. The number of rotatable bonds is 6. The molecule has 0 aliphatic rings. The van der Waals surface area contributed by atoms with Crippen LogP contribution in [0.5, 0.6) is 0 Å². The molecule has 1 aromatic heterocycles. The Kier molecular flexibility index (Phi) is 5.05. The second kappa shape index (κ2) is 7.26. The van der Waals surface area contributed by atoms with E-state index in [-0.39, 0.29) is 18.0 Å². The normalized spacial score (nSPS) is 11.8. The van der Waals surface area contributed by atoms with Crippen molar-refractivity contribution in [3.05, 3.63) is 66.0 Å². The van der Waals surface area contributed by atoms with E-state index in [1.54, 1.807) is 19.1 Å². The first-order valence-electron chi connectivity index (χ1n) is 7.69. The second-order valence-corrected chi connectivity index (χ2v) is 7.37. The first-order chi connectivity index (χ1) is 12.4. The zero-order valence-electron chi connectivity index (χ0n) is 13.7. The molecule has 0 saturated carbocycles. The smallest absolute Gasteiger partial charge is 0.207 e. The second-order valence-electron chi connectivity index (χ2n) is 5.43. The topological polar surface area (TPSA) is 81.0 Å². The first-order valence-corrected chi connectivity index (χ1v) is 9.13. The summed E-state index contributed by atoms with van der Waals surface area (Å²) in [5.74, 6) is -1.99. The van der Waals surface area contributed by atoms with Gasteiger partial charge in [-0.15, -0.1) is 5.10 Å². The van der Waals surface area contributed by atoms with Crippen molar-refractivity contribution in [1.29, 1.82) is 0 Å². The number of tetrazole rings is 1. The molecule has 0 N–H and O–H groups in total. The summed E-state index contributed by atoms with van der Waals surface area (Å²) in [6.07, 6.45) is 1.35. The Bertz CT molecular complexity index is 1010. The van der Waals surface area contributed by atoms with Crippen LogP contribution >= 0.6 is 0 Å². The standard InChI is InChI=1S/C16H15F2N5O2S/c1-2-22(10-12-6-7-15(17)16(18)8-12)26(24,25)14-5-3-4-13(9-14)23-11-19-20-21-23/h3-9,11H,2,10H2,1H3. The van der Waals surface area contributed by atoms with Crippen LogP contribution in [0.2, 0.25) is 0 Å². The Hall–Kier alpha value is -2.72. The molecular formula is C16H15F2N5O2S. The molecule has 0 fully saturated rings. The van der Waals surface area contributed by atoms with Gasteiger partial charge in [-0.25, -0.2) is 21.9 Å². The van der Waals surface area contributed by atoms with Crippen LogP contribution in [0.4, 0.5) is 8.78 Å². The monoisotopic (exact) mass is 379 g/mol. The molecule has 10 heteroatoms. The third kappa shape index (κ3) is 3.60. The summed E-state index contributed by atoms with van der Waals surface area (Å²) in [6.45, 7) is 1.75. The fraction of sp³-hybridized carbons (Fsp3) is 0.188. The minimum atomic E-state index is -3.85. The Labute approximate surface area is 148 Å². The van der Waals surface area contributed by atoms with Crippen molar-refractivity contribution in [3.63, 3.8) is 0 Å². The zero-order chi connectivity index (χ0) is 18.7. The minimum Gasteiger partial charge on any atom is -0.207 e. The van der Waals surface area contributed by atoms with Gasteiger partial charge in [0.05, 0.1) is 10.6 Å². The molecule has 2 aromatic carbocycles. The van der Waals surface area contributed by atoms with Gasteiger partial charge in [-0.2, -0.15) is 4.31 Å². The van der Waals surface area contributed by atoms with E-state index in [0.717, 1.165) is 12.1 Å². The fourth-order valence-corrected chi connectivity index (χ4v) is 3.90. The van der Waals surface area contributed by atoms with Crippen LogP contribution in [0.25, 0.3) is 5.69 Å². The van der Waals surface area contributed by atoms with Crippen molar-refractivity contribution in [2.45, 2.75) is 18.4 Å². The number of hydrogen-bond donors (Lipinski definition) is 0. The summed E-state index contributed by atoms with van der Waals surface area (Å²) >= 11 is 0. The van der Waals surface area contributed by atoms with Crippen LogP contribution in [0.3, 0.4) is 0 Å². The van der Waals surface area contributed by atoms with Crippen LogP contribution in [0.1, 0.15) is 12.5 Å². The SMILES string of the molecule is CCN(Cc1ccc(F)c(F)c1)S(=O)(=O)c1cccc(-n2cnnn2)c1. The highest BCUT2D eigenvalue weighted by Crippen LogP contribution is 2.21. The van der Waals surface area contributed by atoms with Gasteiger partial charge in [0, 0.05) is 13.1 Å². The Morgan fingerprint density at radius 2 is 1.92 bits per heavy atom. The molecule has 0 unspecified atom stereocenters. The molecule has 136 valence electrons. The van der Waals surface area contributed by atoms with E-state index < -0.39 is 21.7 Å². The fourth-order valence-electron chi connectivity index (χ4n) is 2.42. The van der Waals surface area contributed by atoms with Gasteiger partial charge in [0.2, 0.25) is 10.0 Å². The molecular weight excluding hydrogens is 364 g/mol. The highest BCUT2D eigenvalue weighted by molar-refractivity contribution is 7.89. The van der Waals surface area contributed by atoms with Gasteiger partial charge in [0.25, 0.3) is 0 Å². The Morgan fingerprint density at radius 3 is 2.58 bits per heavy atom. The quantitative estimate of drug-likeness (QED) is 0.656. The molecule has 7 nitrogen and oxygen atoms in total. The van der Waals surface area contributed by atoms with E-state index in [1.807, 2.05) is 0 Å². The predicted molar refractivity (Wildman–Crippen MR) is 88.8 cm³/mol. The lowest BCUT2D eigenvalue weighted by molar-refractivity contribution is 0.421. The molecule has 0 radical (unpaired) electrons. The van der Waals surface area contributed by atoms with Gasteiger partial charge >= 0.3 is 0 Å². The zero-order valence-corrected chi connectivity index (χ0v) is 14.6. The minimum absolute atomic E-state index is 0.0509. The predicted octanol–water partition coefficient (Wildman–Crippen LogP) is 2.15. The van der Waals surface area contributed by atoms with Gasteiger partial charge in [-0.05, 0) is 46.3 Å². The van der Waals surface area contributed by atoms with E-state index >= 15 is 0 Å². The van der Waals surface area contributed by atoms with Gasteiger partial charge < -0.3 is 0 Å². The van der Waals surface area contributed by atoms with Crippen LogP contribution in [0, 0.1) is 11.6 Å². The average Bonchev–Trinajstić information content (AvgIpc) is 3.17. The highest BCUT2D eigenvalue weighted by Gasteiger charge is 2.24. The Balaban J connectivity index is 1.92. The maximum absolute atomic E-state index is 13.4. The molecule has 0 aliphatic carbocycles. The summed E-state index contributed by atoms with van der Waals surface area (Å²) in [7, 11) is -3.85. The van der Waals surface area contributed by atoms with E-state index in [1.165, 1.54) is 33.5 Å². The summed E-state index contributed by atoms with van der Waals surface area (Å²) in [5.41, 5.74) is 0.839. The van der Waals surface area contributed by atoms with Crippen molar-refractivity contribution < 1.29 is 17.2 Å². The van der Waals surface area contributed by atoms with Crippen molar-refractivity contribution in [2.75, 3.05) is 6.54 Å². The lowest BCUT2D eigenvalue weighted by atomic mass is 10.2. The molecule has 0 saturated heterocycles. The van der Waals surface area contributed by atoms with Gasteiger partial charge in [0.1, 0.15) is 6.33 Å².